The van der Waals surface area contributed by atoms with Crippen molar-refractivity contribution in [2.24, 2.45) is 18.4 Å². The van der Waals surface area contributed by atoms with Gasteiger partial charge in [-0.3, -0.25) is 4.79 Å². The summed E-state index contributed by atoms with van der Waals surface area (Å²) in [5, 5.41) is 4.75. The molecule has 33 heavy (non-hydrogen) atoms. The van der Waals surface area contributed by atoms with Crippen LogP contribution in [-0.2, 0) is 11.8 Å². The Kier molecular flexibility index (Phi) is 5.19. The van der Waals surface area contributed by atoms with Gasteiger partial charge in [-0.25, -0.2) is 9.97 Å². The van der Waals surface area contributed by atoms with E-state index in [9.17, 15) is 18.0 Å². The number of amides is 1. The van der Waals surface area contributed by atoms with Crippen molar-refractivity contribution in [3.63, 3.8) is 0 Å². The topological polar surface area (TPSA) is 63.1 Å². The number of hydrogen-bond donors (Lipinski definition) is 1. The van der Waals surface area contributed by atoms with Gasteiger partial charge in [-0.15, -0.1) is 0 Å². The van der Waals surface area contributed by atoms with E-state index < -0.39 is 11.6 Å². The Morgan fingerprint density at radius 3 is 2.64 bits per heavy atom. The predicted octanol–water partition coefficient (Wildman–Crippen LogP) is 4.55. The van der Waals surface area contributed by atoms with E-state index in [-0.39, 0.29) is 31.2 Å². The van der Waals surface area contributed by atoms with Crippen molar-refractivity contribution in [3.8, 4) is 11.3 Å². The molecule has 174 valence electrons. The van der Waals surface area contributed by atoms with Crippen LogP contribution in [0.4, 0.5) is 19.0 Å². The van der Waals surface area contributed by atoms with Gasteiger partial charge in [0.25, 0.3) is 0 Å². The molecule has 0 bridgehead atoms. The fraction of sp³-hybridized carbons (Fsp3) is 0.458. The molecule has 5 rings (SSSR count). The average molecular weight is 458 g/mol. The molecule has 1 saturated heterocycles. The number of aryl methyl sites for hydroxylation is 1. The van der Waals surface area contributed by atoms with Crippen LogP contribution in [0.1, 0.15) is 25.1 Å². The second-order valence-electron chi connectivity index (χ2n) is 9.37. The SMILES string of the molecule is Cc1ncc(-c2ccc3cnc(NC(=O)C4CCN(CC5(C(F)(F)F)CC5)C4)cc3c2)n1C. The quantitative estimate of drug-likeness (QED) is 0.611. The molecular formula is C24H26F3N5O. The molecule has 1 aromatic carbocycles. The Labute approximate surface area is 189 Å². The average Bonchev–Trinajstić information content (AvgIpc) is 3.29. The van der Waals surface area contributed by atoms with Gasteiger partial charge < -0.3 is 14.8 Å². The molecule has 1 aliphatic heterocycles. The van der Waals surface area contributed by atoms with Crippen LogP contribution in [0, 0.1) is 18.3 Å². The largest absolute Gasteiger partial charge is 0.395 e. The first-order valence-electron chi connectivity index (χ1n) is 11.1. The second kappa shape index (κ2) is 7.83. The number of halogens is 3. The zero-order chi connectivity index (χ0) is 23.4. The normalized spacial score (nSPS) is 20.3. The smallest absolute Gasteiger partial charge is 0.331 e. The highest BCUT2D eigenvalue weighted by Gasteiger charge is 2.63. The fourth-order valence-corrected chi connectivity index (χ4v) is 4.67. The lowest BCUT2D eigenvalue weighted by molar-refractivity contribution is -0.191. The number of hydrogen-bond acceptors (Lipinski definition) is 4. The van der Waals surface area contributed by atoms with E-state index >= 15 is 0 Å². The number of nitrogens with zero attached hydrogens (tertiary/aromatic N) is 4. The number of nitrogens with one attached hydrogen (secondary N) is 1. The van der Waals surface area contributed by atoms with E-state index in [1.807, 2.05) is 49.0 Å². The molecule has 1 amide bonds. The van der Waals surface area contributed by atoms with Crippen molar-refractivity contribution in [1.82, 2.24) is 19.4 Å². The van der Waals surface area contributed by atoms with Gasteiger partial charge >= 0.3 is 6.18 Å². The van der Waals surface area contributed by atoms with Gasteiger partial charge in [0.15, 0.2) is 0 Å². The van der Waals surface area contributed by atoms with Crippen molar-refractivity contribution in [3.05, 3.63) is 42.5 Å². The molecule has 1 atom stereocenters. The molecule has 0 spiro atoms. The Bertz CT molecular complexity index is 1210. The molecule has 1 saturated carbocycles. The standard InChI is InChI=1S/C24H26F3N5O/c1-15-28-12-20(31(15)2)16-3-4-17-11-29-21(10-19(17)9-16)30-22(33)18-5-8-32(13-18)14-23(6-7-23)24(25,26)27/h3-4,9-12,18H,5-8,13-14H2,1-2H3,(H,29,30,33). The van der Waals surface area contributed by atoms with Crippen molar-refractivity contribution < 1.29 is 18.0 Å². The lowest BCUT2D eigenvalue weighted by Crippen LogP contribution is -2.38. The maximum atomic E-state index is 13.3. The minimum absolute atomic E-state index is 0.00916. The zero-order valence-corrected chi connectivity index (χ0v) is 18.6. The molecule has 3 aromatic rings. The van der Waals surface area contributed by atoms with E-state index in [1.165, 1.54) is 0 Å². The van der Waals surface area contributed by atoms with Crippen LogP contribution in [-0.4, -0.2) is 51.2 Å². The third-order valence-corrected chi connectivity index (χ3v) is 7.11. The summed E-state index contributed by atoms with van der Waals surface area (Å²) in [5.74, 6) is 0.828. The summed E-state index contributed by atoms with van der Waals surface area (Å²) in [6.45, 7) is 2.79. The van der Waals surface area contributed by atoms with Gasteiger partial charge in [0, 0.05) is 37.3 Å². The zero-order valence-electron chi connectivity index (χ0n) is 18.6. The summed E-state index contributed by atoms with van der Waals surface area (Å²) in [5.41, 5.74) is 0.442. The molecule has 2 aliphatic rings. The van der Waals surface area contributed by atoms with E-state index in [0.29, 0.717) is 25.3 Å². The summed E-state index contributed by atoms with van der Waals surface area (Å²) in [6, 6.07) is 7.86. The predicted molar refractivity (Wildman–Crippen MR) is 120 cm³/mol. The van der Waals surface area contributed by atoms with E-state index in [4.69, 9.17) is 0 Å². The Hall–Kier alpha value is -2.94. The Morgan fingerprint density at radius 2 is 1.97 bits per heavy atom. The summed E-state index contributed by atoms with van der Waals surface area (Å²) in [6.07, 6.45) is 0.296. The van der Waals surface area contributed by atoms with E-state index in [1.54, 1.807) is 11.1 Å². The number of benzene rings is 1. The molecule has 9 heteroatoms. The molecule has 1 N–H and O–H groups in total. The third kappa shape index (κ3) is 4.10. The molecule has 1 unspecified atom stereocenters. The molecule has 3 heterocycles. The number of rotatable bonds is 5. The number of imidazole rings is 1. The molecular weight excluding hydrogens is 431 g/mol. The van der Waals surface area contributed by atoms with E-state index in [2.05, 4.69) is 15.3 Å². The first kappa shape index (κ1) is 21.9. The number of carbonyl (C=O) groups excluding carboxylic acids is 1. The van der Waals surface area contributed by atoms with Crippen molar-refractivity contribution in [2.75, 3.05) is 25.0 Å². The second-order valence-corrected chi connectivity index (χ2v) is 9.37. The first-order chi connectivity index (χ1) is 15.6. The van der Waals surface area contributed by atoms with Gasteiger partial charge in [0.1, 0.15) is 11.6 Å². The maximum absolute atomic E-state index is 13.3. The van der Waals surface area contributed by atoms with E-state index in [0.717, 1.165) is 27.9 Å². The highest BCUT2D eigenvalue weighted by Crippen LogP contribution is 2.58. The number of likely N-dealkylation sites (tertiary alicyclic amines) is 1. The lowest BCUT2D eigenvalue weighted by Gasteiger charge is -2.25. The van der Waals surface area contributed by atoms with Gasteiger partial charge in [0.2, 0.25) is 5.91 Å². The maximum Gasteiger partial charge on any atom is 0.395 e. The first-order valence-corrected chi connectivity index (χ1v) is 11.1. The molecule has 6 nitrogen and oxygen atoms in total. The number of anilines is 1. The van der Waals surface area contributed by atoms with Crippen LogP contribution >= 0.6 is 0 Å². The van der Waals surface area contributed by atoms with Crippen LogP contribution in [0.25, 0.3) is 22.0 Å². The molecule has 0 radical (unpaired) electrons. The van der Waals surface area contributed by atoms with Crippen molar-refractivity contribution in [1.29, 1.82) is 0 Å². The highest BCUT2D eigenvalue weighted by molar-refractivity contribution is 5.95. The van der Waals surface area contributed by atoms with Crippen LogP contribution in [0.5, 0.6) is 0 Å². The van der Waals surface area contributed by atoms with Crippen molar-refractivity contribution >= 4 is 22.5 Å². The van der Waals surface area contributed by atoms with Gasteiger partial charge in [-0.05, 0) is 50.2 Å². The lowest BCUT2D eigenvalue weighted by atomic mass is 10.1. The molecule has 2 aromatic heterocycles. The minimum Gasteiger partial charge on any atom is -0.331 e. The van der Waals surface area contributed by atoms with Crippen LogP contribution in [0.15, 0.2) is 36.7 Å². The minimum atomic E-state index is -4.17. The highest BCUT2D eigenvalue weighted by atomic mass is 19.4. The van der Waals surface area contributed by atoms with Gasteiger partial charge in [-0.1, -0.05) is 12.1 Å². The van der Waals surface area contributed by atoms with Crippen LogP contribution < -0.4 is 5.32 Å². The number of carbonyl (C=O) groups is 1. The summed E-state index contributed by atoms with van der Waals surface area (Å²) < 4.78 is 41.8. The van der Waals surface area contributed by atoms with Gasteiger partial charge in [0.05, 0.1) is 23.2 Å². The fourth-order valence-electron chi connectivity index (χ4n) is 4.67. The monoisotopic (exact) mass is 457 g/mol. The summed E-state index contributed by atoms with van der Waals surface area (Å²) >= 11 is 0. The summed E-state index contributed by atoms with van der Waals surface area (Å²) in [7, 11) is 1.96. The van der Waals surface area contributed by atoms with Crippen LogP contribution in [0.2, 0.25) is 0 Å². The van der Waals surface area contributed by atoms with Crippen LogP contribution in [0.3, 0.4) is 0 Å². The van der Waals surface area contributed by atoms with Gasteiger partial charge in [-0.2, -0.15) is 13.2 Å². The molecule has 2 fully saturated rings. The number of alkyl halides is 3. The Balaban J connectivity index is 1.27. The Morgan fingerprint density at radius 1 is 1.18 bits per heavy atom. The molecule has 1 aliphatic carbocycles. The number of pyridine rings is 1. The number of aromatic nitrogens is 3. The third-order valence-electron chi connectivity index (χ3n) is 7.11. The number of fused-ring (bicyclic) bond motifs is 1. The summed E-state index contributed by atoms with van der Waals surface area (Å²) in [4.78, 5) is 23.3. The van der Waals surface area contributed by atoms with Crippen molar-refractivity contribution in [2.45, 2.75) is 32.4 Å².